The fraction of sp³-hybridized carbons (Fsp3) is 0.500. The average Bonchev–Trinajstić information content (AvgIpc) is 2.32. The Bertz CT molecular complexity index is 365. The Balaban J connectivity index is 2.30. The second kappa shape index (κ2) is 8.11. The van der Waals surface area contributed by atoms with Crippen LogP contribution < -0.4 is 0 Å². The van der Waals surface area contributed by atoms with Crippen molar-refractivity contribution in [2.75, 3.05) is 20.2 Å². The lowest BCUT2D eigenvalue weighted by atomic mass is 10.2. The summed E-state index contributed by atoms with van der Waals surface area (Å²) in [5.74, 6) is -0.167. The average molecular weight is 270 g/mol. The van der Waals surface area contributed by atoms with E-state index in [-0.39, 0.29) is 5.97 Å². The molecule has 0 aliphatic heterocycles. The molecule has 18 heavy (non-hydrogen) atoms. The summed E-state index contributed by atoms with van der Waals surface area (Å²) in [6.45, 7) is 3.61. The summed E-state index contributed by atoms with van der Waals surface area (Å²) in [6.07, 6.45) is 1.96. The number of benzene rings is 1. The van der Waals surface area contributed by atoms with Crippen LogP contribution in [0.5, 0.6) is 0 Å². The van der Waals surface area contributed by atoms with Gasteiger partial charge in [-0.1, -0.05) is 37.1 Å². The van der Waals surface area contributed by atoms with E-state index in [0.717, 1.165) is 23.4 Å². The summed E-state index contributed by atoms with van der Waals surface area (Å²) in [5, 5.41) is 0.723. The zero-order chi connectivity index (χ0) is 13.4. The van der Waals surface area contributed by atoms with Crippen LogP contribution in [0.25, 0.3) is 0 Å². The molecule has 1 aromatic carbocycles. The van der Waals surface area contributed by atoms with Crippen LogP contribution in [-0.2, 0) is 16.1 Å². The van der Waals surface area contributed by atoms with Crippen LogP contribution >= 0.6 is 11.6 Å². The molecule has 0 bridgehead atoms. The van der Waals surface area contributed by atoms with Crippen LogP contribution in [0.15, 0.2) is 24.3 Å². The van der Waals surface area contributed by atoms with Gasteiger partial charge in [-0.2, -0.15) is 0 Å². The molecule has 3 nitrogen and oxygen atoms in total. The molecule has 0 heterocycles. The van der Waals surface area contributed by atoms with Gasteiger partial charge in [-0.3, -0.25) is 9.69 Å². The van der Waals surface area contributed by atoms with Crippen LogP contribution in [0.1, 0.15) is 25.3 Å². The van der Waals surface area contributed by atoms with Crippen molar-refractivity contribution in [3.8, 4) is 0 Å². The minimum absolute atomic E-state index is 0.167. The summed E-state index contributed by atoms with van der Waals surface area (Å²) < 4.78 is 5.11. The Labute approximate surface area is 114 Å². The topological polar surface area (TPSA) is 29.5 Å². The Morgan fingerprint density at radius 2 is 2.00 bits per heavy atom. The molecule has 1 aromatic rings. The monoisotopic (exact) mass is 269 g/mol. The highest BCUT2D eigenvalue weighted by atomic mass is 35.5. The third-order valence-electron chi connectivity index (χ3n) is 2.53. The van der Waals surface area contributed by atoms with Crippen molar-refractivity contribution >= 4 is 17.6 Å². The van der Waals surface area contributed by atoms with Gasteiger partial charge in [0.1, 0.15) is 0 Å². The number of halogens is 1. The van der Waals surface area contributed by atoms with E-state index in [2.05, 4.69) is 6.92 Å². The largest absolute Gasteiger partial charge is 0.465 e. The van der Waals surface area contributed by atoms with Crippen molar-refractivity contribution in [2.24, 2.45) is 0 Å². The first-order valence-electron chi connectivity index (χ1n) is 6.20. The van der Waals surface area contributed by atoms with E-state index in [1.54, 1.807) is 0 Å². The van der Waals surface area contributed by atoms with Crippen LogP contribution in [-0.4, -0.2) is 31.1 Å². The van der Waals surface area contributed by atoms with Crippen molar-refractivity contribution in [3.63, 3.8) is 0 Å². The number of carbonyl (C=O) groups is 1. The van der Waals surface area contributed by atoms with Gasteiger partial charge in [0.15, 0.2) is 0 Å². The Hall–Kier alpha value is -1.06. The van der Waals surface area contributed by atoms with Gasteiger partial charge in [0, 0.05) is 11.6 Å². The smallest absolute Gasteiger partial charge is 0.320 e. The molecule has 0 radical (unpaired) electrons. The molecular formula is C14H20ClNO2. The summed E-state index contributed by atoms with van der Waals surface area (Å²) in [7, 11) is 1.90. The number of ether oxygens (including phenoxy) is 1. The van der Waals surface area contributed by atoms with Gasteiger partial charge in [0.05, 0.1) is 13.2 Å². The van der Waals surface area contributed by atoms with Gasteiger partial charge in [0.2, 0.25) is 0 Å². The first-order valence-corrected chi connectivity index (χ1v) is 6.58. The summed E-state index contributed by atoms with van der Waals surface area (Å²) in [4.78, 5) is 13.4. The van der Waals surface area contributed by atoms with Gasteiger partial charge in [-0.15, -0.1) is 0 Å². The van der Waals surface area contributed by atoms with Crippen molar-refractivity contribution in [3.05, 3.63) is 34.9 Å². The van der Waals surface area contributed by atoms with Crippen LogP contribution in [0.3, 0.4) is 0 Å². The lowest BCUT2D eigenvalue weighted by molar-refractivity contribution is -0.144. The van der Waals surface area contributed by atoms with Crippen molar-refractivity contribution < 1.29 is 9.53 Å². The second-order valence-corrected chi connectivity index (χ2v) is 4.81. The number of hydrogen-bond acceptors (Lipinski definition) is 3. The number of likely N-dealkylation sites (N-methyl/N-ethyl adjacent to an activating group) is 1. The Morgan fingerprint density at radius 1 is 1.33 bits per heavy atom. The number of esters is 1. The molecule has 0 saturated carbocycles. The van der Waals surface area contributed by atoms with Crippen LogP contribution in [0, 0.1) is 0 Å². The molecule has 100 valence electrons. The Kier molecular flexibility index (Phi) is 6.76. The first-order chi connectivity index (χ1) is 8.61. The first kappa shape index (κ1) is 15.0. The van der Waals surface area contributed by atoms with Gasteiger partial charge in [-0.05, 0) is 31.2 Å². The maximum Gasteiger partial charge on any atom is 0.320 e. The van der Waals surface area contributed by atoms with Gasteiger partial charge in [0.25, 0.3) is 0 Å². The van der Waals surface area contributed by atoms with E-state index in [1.165, 1.54) is 0 Å². The molecule has 0 N–H and O–H groups in total. The molecule has 1 rings (SSSR count). The Morgan fingerprint density at radius 3 is 2.61 bits per heavy atom. The standard InChI is InChI=1S/C14H20ClNO2/c1-3-4-9-18-14(17)11-16(2)10-12-5-7-13(15)8-6-12/h5-8H,3-4,9-11H2,1-2H3. The zero-order valence-electron chi connectivity index (χ0n) is 11.0. The van der Waals surface area contributed by atoms with E-state index in [0.29, 0.717) is 19.7 Å². The lowest BCUT2D eigenvalue weighted by Crippen LogP contribution is -2.27. The minimum atomic E-state index is -0.167. The predicted octanol–water partition coefficient (Wildman–Crippen LogP) is 3.12. The van der Waals surface area contributed by atoms with E-state index in [1.807, 2.05) is 36.2 Å². The maximum atomic E-state index is 11.5. The molecule has 0 atom stereocenters. The van der Waals surface area contributed by atoms with Crippen molar-refractivity contribution in [2.45, 2.75) is 26.3 Å². The molecule has 0 unspecified atom stereocenters. The highest BCUT2D eigenvalue weighted by molar-refractivity contribution is 6.30. The fourth-order valence-corrected chi connectivity index (χ4v) is 1.68. The fourth-order valence-electron chi connectivity index (χ4n) is 1.55. The van der Waals surface area contributed by atoms with E-state index in [4.69, 9.17) is 16.3 Å². The molecule has 0 saturated heterocycles. The number of hydrogen-bond donors (Lipinski definition) is 0. The van der Waals surface area contributed by atoms with E-state index >= 15 is 0 Å². The molecule has 0 aliphatic rings. The summed E-state index contributed by atoms with van der Waals surface area (Å²) in [5.41, 5.74) is 1.13. The number of unbranched alkanes of at least 4 members (excludes halogenated alkanes) is 1. The van der Waals surface area contributed by atoms with E-state index in [9.17, 15) is 4.79 Å². The number of carbonyl (C=O) groups excluding carboxylic acids is 1. The molecule has 0 fully saturated rings. The predicted molar refractivity (Wildman–Crippen MR) is 73.7 cm³/mol. The number of rotatable bonds is 7. The second-order valence-electron chi connectivity index (χ2n) is 4.37. The normalized spacial score (nSPS) is 10.7. The quantitative estimate of drug-likeness (QED) is 0.563. The van der Waals surface area contributed by atoms with Crippen LogP contribution in [0.4, 0.5) is 0 Å². The van der Waals surface area contributed by atoms with Crippen molar-refractivity contribution in [1.82, 2.24) is 4.90 Å². The molecule has 0 spiro atoms. The lowest BCUT2D eigenvalue weighted by Gasteiger charge is -2.15. The van der Waals surface area contributed by atoms with Gasteiger partial charge in [-0.25, -0.2) is 0 Å². The van der Waals surface area contributed by atoms with E-state index < -0.39 is 0 Å². The highest BCUT2D eigenvalue weighted by Crippen LogP contribution is 2.10. The van der Waals surface area contributed by atoms with Gasteiger partial charge >= 0.3 is 5.97 Å². The third kappa shape index (κ3) is 6.03. The highest BCUT2D eigenvalue weighted by Gasteiger charge is 2.08. The summed E-state index contributed by atoms with van der Waals surface area (Å²) in [6, 6.07) is 7.62. The summed E-state index contributed by atoms with van der Waals surface area (Å²) >= 11 is 5.82. The number of nitrogens with zero attached hydrogens (tertiary/aromatic N) is 1. The third-order valence-corrected chi connectivity index (χ3v) is 2.78. The molecule has 4 heteroatoms. The van der Waals surface area contributed by atoms with Gasteiger partial charge < -0.3 is 4.74 Å². The van der Waals surface area contributed by atoms with Crippen molar-refractivity contribution in [1.29, 1.82) is 0 Å². The zero-order valence-corrected chi connectivity index (χ0v) is 11.7. The molecule has 0 amide bonds. The molecule has 0 aliphatic carbocycles. The SMILES string of the molecule is CCCCOC(=O)CN(C)Cc1ccc(Cl)cc1. The minimum Gasteiger partial charge on any atom is -0.465 e. The maximum absolute atomic E-state index is 11.5. The van der Waals surface area contributed by atoms with Crippen LogP contribution in [0.2, 0.25) is 5.02 Å². The molecular weight excluding hydrogens is 250 g/mol. The molecule has 0 aromatic heterocycles.